The normalized spacial score (nSPS) is 25.0. The Hall–Kier alpha value is -2.46. The van der Waals surface area contributed by atoms with Crippen molar-refractivity contribution in [2.75, 3.05) is 0 Å². The molecule has 134 valence electrons. The summed E-state index contributed by atoms with van der Waals surface area (Å²) in [6.45, 7) is 3.86. The van der Waals surface area contributed by atoms with Gasteiger partial charge in [0.1, 0.15) is 23.3 Å². The van der Waals surface area contributed by atoms with Crippen LogP contribution in [0.1, 0.15) is 37.8 Å². The van der Waals surface area contributed by atoms with Crippen LogP contribution >= 0.6 is 0 Å². The number of benzene rings is 2. The zero-order chi connectivity index (χ0) is 18.5. The Kier molecular flexibility index (Phi) is 3.96. The number of carbonyl (C=O) groups excluding carboxylic acids is 1. The van der Waals surface area contributed by atoms with Gasteiger partial charge in [0.15, 0.2) is 5.78 Å². The lowest BCUT2D eigenvalue weighted by atomic mass is 9.87. The molecule has 4 heteroatoms. The number of rotatable bonds is 3. The van der Waals surface area contributed by atoms with Gasteiger partial charge in [-0.15, -0.1) is 0 Å². The van der Waals surface area contributed by atoms with Crippen LogP contribution in [0.5, 0.6) is 0 Å². The monoisotopic (exact) mass is 352 g/mol. The number of hydrogen-bond acceptors (Lipinski definition) is 3. The van der Waals surface area contributed by atoms with E-state index in [0.717, 1.165) is 28.7 Å². The van der Waals surface area contributed by atoms with Crippen molar-refractivity contribution in [3.63, 3.8) is 0 Å². The average molecular weight is 352 g/mol. The van der Waals surface area contributed by atoms with E-state index in [4.69, 9.17) is 4.74 Å². The van der Waals surface area contributed by atoms with Crippen molar-refractivity contribution in [3.8, 4) is 11.1 Å². The van der Waals surface area contributed by atoms with Gasteiger partial charge in [0.05, 0.1) is 5.57 Å². The van der Waals surface area contributed by atoms with E-state index in [0.29, 0.717) is 18.4 Å². The Morgan fingerprint density at radius 3 is 2.58 bits per heavy atom. The second-order valence-corrected chi connectivity index (χ2v) is 7.20. The standard InChI is InChI=1S/C22H21FO3/c1-3-13-12-15(14-4-7-16(23)8-5-14)6-9-17(13)19-20(24)18-10-11-22(2,26-18)21(19)25/h4-9,12,18,25H,3,10-11H2,1-2H3/t18-,22-/m1/s1. The molecule has 2 aromatic rings. The summed E-state index contributed by atoms with van der Waals surface area (Å²) in [6, 6.07) is 12.1. The van der Waals surface area contributed by atoms with E-state index >= 15 is 0 Å². The van der Waals surface area contributed by atoms with Crippen molar-refractivity contribution >= 4 is 11.4 Å². The van der Waals surface area contributed by atoms with Crippen LogP contribution in [0.2, 0.25) is 0 Å². The highest BCUT2D eigenvalue weighted by Gasteiger charge is 2.50. The summed E-state index contributed by atoms with van der Waals surface area (Å²) >= 11 is 0. The van der Waals surface area contributed by atoms with E-state index in [1.165, 1.54) is 12.1 Å². The molecule has 1 N–H and O–H groups in total. The van der Waals surface area contributed by atoms with Crippen LogP contribution in [0.15, 0.2) is 48.2 Å². The van der Waals surface area contributed by atoms with E-state index in [1.807, 2.05) is 32.0 Å². The van der Waals surface area contributed by atoms with E-state index in [-0.39, 0.29) is 17.4 Å². The largest absolute Gasteiger partial charge is 0.508 e. The third-order valence-corrected chi connectivity index (χ3v) is 5.50. The highest BCUT2D eigenvalue weighted by molar-refractivity contribution is 6.25. The number of carbonyl (C=O) groups is 1. The molecular formula is C22H21FO3. The number of aliphatic hydroxyl groups excluding tert-OH is 1. The summed E-state index contributed by atoms with van der Waals surface area (Å²) in [5.74, 6) is -0.366. The van der Waals surface area contributed by atoms with E-state index in [2.05, 4.69) is 0 Å². The third kappa shape index (κ3) is 2.56. The Labute approximate surface area is 152 Å². The maximum Gasteiger partial charge on any atom is 0.195 e. The summed E-state index contributed by atoms with van der Waals surface area (Å²) < 4.78 is 18.9. The van der Waals surface area contributed by atoms with Gasteiger partial charge in [-0.2, -0.15) is 0 Å². The fourth-order valence-electron chi connectivity index (χ4n) is 3.95. The van der Waals surface area contributed by atoms with Gasteiger partial charge < -0.3 is 9.84 Å². The zero-order valence-corrected chi connectivity index (χ0v) is 14.9. The number of Topliss-reactive ketones (excluding diaryl/α,β-unsaturated/α-hetero) is 1. The molecule has 26 heavy (non-hydrogen) atoms. The first kappa shape index (κ1) is 17.0. The number of aryl methyl sites for hydroxylation is 1. The molecule has 4 rings (SSSR count). The Bertz CT molecular complexity index is 913. The minimum atomic E-state index is -0.769. The number of halogens is 1. The molecule has 0 spiro atoms. The number of ketones is 1. The number of hydrogen-bond donors (Lipinski definition) is 1. The van der Waals surface area contributed by atoms with Crippen LogP contribution in [0.25, 0.3) is 16.7 Å². The quantitative estimate of drug-likeness (QED) is 0.859. The van der Waals surface area contributed by atoms with Crippen LogP contribution in [0.3, 0.4) is 0 Å². The summed E-state index contributed by atoms with van der Waals surface area (Å²) in [4.78, 5) is 12.8. The lowest BCUT2D eigenvalue weighted by Gasteiger charge is -2.31. The first-order valence-corrected chi connectivity index (χ1v) is 8.98. The lowest BCUT2D eigenvalue weighted by Crippen LogP contribution is -2.37. The molecule has 0 unspecified atom stereocenters. The van der Waals surface area contributed by atoms with E-state index < -0.39 is 11.7 Å². The van der Waals surface area contributed by atoms with Crippen LogP contribution in [-0.2, 0) is 16.0 Å². The molecule has 2 aliphatic rings. The summed E-state index contributed by atoms with van der Waals surface area (Å²) in [7, 11) is 0. The molecule has 2 heterocycles. The van der Waals surface area contributed by atoms with Crippen molar-refractivity contribution in [2.45, 2.75) is 44.8 Å². The van der Waals surface area contributed by atoms with Crippen molar-refractivity contribution in [1.29, 1.82) is 0 Å². The van der Waals surface area contributed by atoms with Gasteiger partial charge in [-0.25, -0.2) is 4.39 Å². The van der Waals surface area contributed by atoms with Gasteiger partial charge >= 0.3 is 0 Å². The predicted molar refractivity (Wildman–Crippen MR) is 98.3 cm³/mol. The van der Waals surface area contributed by atoms with Crippen molar-refractivity contribution in [3.05, 3.63) is 65.2 Å². The molecule has 2 aliphatic heterocycles. The molecular weight excluding hydrogens is 331 g/mol. The molecule has 0 saturated carbocycles. The Balaban J connectivity index is 1.82. The predicted octanol–water partition coefficient (Wildman–Crippen LogP) is 4.84. The van der Waals surface area contributed by atoms with Gasteiger partial charge in [-0.3, -0.25) is 4.79 Å². The molecule has 3 nitrogen and oxygen atoms in total. The topological polar surface area (TPSA) is 46.5 Å². The van der Waals surface area contributed by atoms with E-state index in [1.54, 1.807) is 12.1 Å². The van der Waals surface area contributed by atoms with E-state index in [9.17, 15) is 14.3 Å². The Morgan fingerprint density at radius 2 is 1.88 bits per heavy atom. The molecule has 2 atom stereocenters. The lowest BCUT2D eigenvalue weighted by molar-refractivity contribution is -0.130. The molecule has 2 aromatic carbocycles. The number of ether oxygens (including phenoxy) is 1. The van der Waals surface area contributed by atoms with Gasteiger partial charge in [0.25, 0.3) is 0 Å². The summed E-state index contributed by atoms with van der Waals surface area (Å²) in [5, 5.41) is 10.8. The second-order valence-electron chi connectivity index (χ2n) is 7.20. The molecule has 1 saturated heterocycles. The fraction of sp³-hybridized carbons (Fsp3) is 0.318. The smallest absolute Gasteiger partial charge is 0.195 e. The van der Waals surface area contributed by atoms with Crippen molar-refractivity contribution in [2.24, 2.45) is 0 Å². The highest BCUT2D eigenvalue weighted by Crippen LogP contribution is 2.45. The van der Waals surface area contributed by atoms with Gasteiger partial charge in [-0.1, -0.05) is 37.3 Å². The van der Waals surface area contributed by atoms with Gasteiger partial charge in [0.2, 0.25) is 0 Å². The average Bonchev–Trinajstić information content (AvgIpc) is 3.02. The molecule has 0 aliphatic carbocycles. The van der Waals surface area contributed by atoms with Crippen LogP contribution in [0, 0.1) is 5.82 Å². The van der Waals surface area contributed by atoms with Crippen molar-refractivity contribution < 1.29 is 19.0 Å². The third-order valence-electron chi connectivity index (χ3n) is 5.50. The second kappa shape index (κ2) is 6.06. The fourth-order valence-corrected chi connectivity index (χ4v) is 3.95. The van der Waals surface area contributed by atoms with Gasteiger partial charge in [0, 0.05) is 0 Å². The minimum absolute atomic E-state index is 0.0421. The summed E-state index contributed by atoms with van der Waals surface area (Å²) in [5.41, 5.74) is 3.24. The molecule has 0 radical (unpaired) electrons. The first-order chi connectivity index (χ1) is 12.4. The number of aliphatic hydroxyl groups is 1. The molecule has 2 bridgehead atoms. The SMILES string of the molecule is CCc1cc(-c2ccc(F)cc2)ccc1C1=C(O)[C@@]2(C)CC[C@@H](O2)C1=O. The van der Waals surface area contributed by atoms with Crippen LogP contribution < -0.4 is 0 Å². The maximum absolute atomic E-state index is 13.2. The Morgan fingerprint density at radius 1 is 1.19 bits per heavy atom. The van der Waals surface area contributed by atoms with Crippen molar-refractivity contribution in [1.82, 2.24) is 0 Å². The summed E-state index contributed by atoms with van der Waals surface area (Å²) in [6.07, 6.45) is 1.54. The molecule has 0 aromatic heterocycles. The zero-order valence-electron chi connectivity index (χ0n) is 14.9. The highest BCUT2D eigenvalue weighted by atomic mass is 19.1. The van der Waals surface area contributed by atoms with Crippen LogP contribution in [0.4, 0.5) is 4.39 Å². The maximum atomic E-state index is 13.2. The number of fused-ring (bicyclic) bond motifs is 2. The van der Waals surface area contributed by atoms with Gasteiger partial charge in [-0.05, 0) is 60.6 Å². The van der Waals surface area contributed by atoms with Crippen LogP contribution in [-0.4, -0.2) is 22.6 Å². The molecule has 0 amide bonds. The minimum Gasteiger partial charge on any atom is -0.508 e. The first-order valence-electron chi connectivity index (χ1n) is 8.98. The molecule has 1 fully saturated rings.